The molecule has 0 bridgehead atoms. The van der Waals surface area contributed by atoms with Crippen LogP contribution in [0.5, 0.6) is 0 Å². The second kappa shape index (κ2) is 7.53. The van der Waals surface area contributed by atoms with E-state index >= 15 is 0 Å². The Kier molecular flexibility index (Phi) is 5.00. The molecule has 1 amide bonds. The Labute approximate surface area is 172 Å². The third-order valence-corrected chi connectivity index (χ3v) is 5.03. The number of anilines is 1. The van der Waals surface area contributed by atoms with E-state index in [2.05, 4.69) is 4.98 Å². The molecule has 0 fully saturated rings. The van der Waals surface area contributed by atoms with Crippen LogP contribution in [-0.2, 0) is 4.79 Å². The lowest BCUT2D eigenvalue weighted by atomic mass is 10.1. The van der Waals surface area contributed by atoms with Gasteiger partial charge in [-0.05, 0) is 25.5 Å². The van der Waals surface area contributed by atoms with Gasteiger partial charge in [-0.3, -0.25) is 14.3 Å². The van der Waals surface area contributed by atoms with Crippen LogP contribution in [-0.4, -0.2) is 20.1 Å². The number of carbonyl (C=O) groups excluding carboxylic acids is 1. The number of fused-ring (bicyclic) bond motifs is 3. The molecule has 0 aliphatic heterocycles. The van der Waals surface area contributed by atoms with Crippen LogP contribution in [0.4, 0.5) is 23.2 Å². The molecule has 2 aromatic carbocycles. The minimum atomic E-state index is -1.70. The number of para-hydroxylation sites is 1. The average molecular weight is 432 g/mol. The molecule has 160 valence electrons. The van der Waals surface area contributed by atoms with Crippen molar-refractivity contribution in [3.63, 3.8) is 0 Å². The number of aromatic nitrogens is 3. The molecule has 0 radical (unpaired) electrons. The lowest BCUT2D eigenvalue weighted by Gasteiger charge is -2.21. The molecule has 31 heavy (non-hydrogen) atoms. The lowest BCUT2D eigenvalue weighted by Crippen LogP contribution is -2.30. The van der Waals surface area contributed by atoms with Gasteiger partial charge in [-0.2, -0.15) is 4.98 Å². The van der Waals surface area contributed by atoms with Gasteiger partial charge < -0.3 is 5.32 Å². The molecule has 2 aromatic heterocycles. The topological polar surface area (TPSA) is 68.4 Å². The van der Waals surface area contributed by atoms with Crippen molar-refractivity contribution in [1.82, 2.24) is 14.2 Å². The maximum absolute atomic E-state index is 14.1. The van der Waals surface area contributed by atoms with Crippen molar-refractivity contribution < 1.29 is 22.4 Å². The zero-order valence-electron chi connectivity index (χ0n) is 16.4. The fourth-order valence-electron chi connectivity index (χ4n) is 3.67. The Morgan fingerprint density at radius 3 is 2.39 bits per heavy atom. The minimum absolute atomic E-state index is 0.0655. The number of hydrogen-bond donors (Lipinski definition) is 1. The molecule has 0 aliphatic rings. The number of halogens is 4. The summed E-state index contributed by atoms with van der Waals surface area (Å²) in [7, 11) is 0. The van der Waals surface area contributed by atoms with E-state index < -0.39 is 46.5 Å². The van der Waals surface area contributed by atoms with Gasteiger partial charge in [0.2, 0.25) is 5.91 Å². The van der Waals surface area contributed by atoms with Crippen LogP contribution in [0.25, 0.3) is 16.6 Å². The van der Waals surface area contributed by atoms with Crippen molar-refractivity contribution in [2.24, 2.45) is 0 Å². The quantitative estimate of drug-likeness (QED) is 0.390. The fraction of sp³-hybridized carbons (Fsp3) is 0.190. The summed E-state index contributed by atoms with van der Waals surface area (Å²) in [6, 6.07) is 7.19. The molecule has 4 rings (SSSR count). The highest BCUT2D eigenvalue weighted by Gasteiger charge is 2.28. The van der Waals surface area contributed by atoms with E-state index in [1.807, 2.05) is 5.32 Å². The van der Waals surface area contributed by atoms with Gasteiger partial charge in [0.25, 0.3) is 5.56 Å². The molecule has 0 aliphatic carbocycles. The van der Waals surface area contributed by atoms with E-state index in [0.717, 1.165) is 0 Å². The maximum atomic E-state index is 14.1. The molecule has 10 heteroatoms. The molecule has 1 atom stereocenters. The molecule has 1 N–H and O–H groups in total. The van der Waals surface area contributed by atoms with E-state index in [1.54, 1.807) is 42.6 Å². The summed E-state index contributed by atoms with van der Waals surface area (Å²) in [6.07, 6.45) is 0.159. The normalized spacial score (nSPS) is 12.5. The number of benzene rings is 2. The van der Waals surface area contributed by atoms with Gasteiger partial charge in [-0.15, -0.1) is 0 Å². The summed E-state index contributed by atoms with van der Waals surface area (Å²) in [5, 5.41) is 2.56. The van der Waals surface area contributed by atoms with Crippen LogP contribution in [0, 0.1) is 30.2 Å². The van der Waals surface area contributed by atoms with Crippen molar-refractivity contribution in [2.45, 2.75) is 26.3 Å². The number of nitrogens with zero attached hydrogens (tertiary/aromatic N) is 3. The molecular formula is C21H16F4N4O2. The van der Waals surface area contributed by atoms with Gasteiger partial charge in [0.1, 0.15) is 11.7 Å². The van der Waals surface area contributed by atoms with Crippen LogP contribution in [0.3, 0.4) is 0 Å². The summed E-state index contributed by atoms with van der Waals surface area (Å²) >= 11 is 0. The Balaban J connectivity index is 1.91. The minimum Gasteiger partial charge on any atom is -0.319 e. The first-order valence-corrected chi connectivity index (χ1v) is 9.38. The summed E-state index contributed by atoms with van der Waals surface area (Å²) in [5.74, 6) is -7.56. The summed E-state index contributed by atoms with van der Waals surface area (Å²) in [5.41, 5.74) is -0.342. The highest BCUT2D eigenvalue weighted by atomic mass is 19.2. The maximum Gasteiger partial charge on any atom is 0.273 e. The number of nitrogens with one attached hydrogen (secondary N) is 1. The molecular weight excluding hydrogens is 416 g/mol. The first-order chi connectivity index (χ1) is 14.7. The Hall–Kier alpha value is -3.69. The molecule has 1 unspecified atom stereocenters. The van der Waals surface area contributed by atoms with Crippen molar-refractivity contribution in [3.8, 4) is 0 Å². The Morgan fingerprint density at radius 2 is 1.74 bits per heavy atom. The molecule has 4 aromatic rings. The average Bonchev–Trinajstić information content (AvgIpc) is 3.05. The molecule has 0 spiro atoms. The Morgan fingerprint density at radius 1 is 1.10 bits per heavy atom. The standard InChI is InChI=1S/C21H16F4N4O2/c1-3-14(21(31)27-19-17(24)12(22)9-13(23)18(19)25)29-15-7-5-4-6-11(15)20-26-16(30)8-10(2)28(20)29/h4-9,14H,3H2,1-2H3,(H,27,31). The summed E-state index contributed by atoms with van der Waals surface area (Å²) in [4.78, 5) is 29.0. The predicted octanol–water partition coefficient (Wildman–Crippen LogP) is 4.10. The summed E-state index contributed by atoms with van der Waals surface area (Å²) in [6.45, 7) is 3.31. The van der Waals surface area contributed by atoms with E-state index in [9.17, 15) is 27.2 Å². The van der Waals surface area contributed by atoms with E-state index in [4.69, 9.17) is 0 Å². The van der Waals surface area contributed by atoms with Gasteiger partial charge in [-0.1, -0.05) is 19.1 Å². The third kappa shape index (κ3) is 3.24. The van der Waals surface area contributed by atoms with Crippen molar-refractivity contribution in [3.05, 3.63) is 75.7 Å². The second-order valence-corrected chi connectivity index (χ2v) is 6.99. The smallest absolute Gasteiger partial charge is 0.273 e. The monoisotopic (exact) mass is 432 g/mol. The van der Waals surface area contributed by atoms with E-state index in [-0.39, 0.29) is 12.5 Å². The van der Waals surface area contributed by atoms with Crippen molar-refractivity contribution in [2.75, 3.05) is 5.32 Å². The SMILES string of the molecule is CCC(C(=O)Nc1c(F)c(F)cc(F)c1F)n1c2ccccc2c2nc(=O)cc(C)n21. The van der Waals surface area contributed by atoms with Crippen LogP contribution < -0.4 is 10.9 Å². The number of aryl methyl sites for hydroxylation is 1. The number of rotatable bonds is 4. The third-order valence-electron chi connectivity index (χ3n) is 5.03. The molecule has 2 heterocycles. The zero-order chi connectivity index (χ0) is 22.4. The predicted molar refractivity (Wildman–Crippen MR) is 106 cm³/mol. The van der Waals surface area contributed by atoms with Gasteiger partial charge in [0.15, 0.2) is 28.9 Å². The van der Waals surface area contributed by atoms with Gasteiger partial charge in [0.05, 0.1) is 5.52 Å². The zero-order valence-corrected chi connectivity index (χ0v) is 16.4. The van der Waals surface area contributed by atoms with E-state index in [0.29, 0.717) is 22.2 Å². The Bertz CT molecular complexity index is 1380. The van der Waals surface area contributed by atoms with Gasteiger partial charge in [0, 0.05) is 23.2 Å². The van der Waals surface area contributed by atoms with Gasteiger partial charge in [-0.25, -0.2) is 22.1 Å². The molecule has 6 nitrogen and oxygen atoms in total. The molecule has 0 saturated carbocycles. The highest BCUT2D eigenvalue weighted by Crippen LogP contribution is 2.29. The first kappa shape index (κ1) is 20.6. The van der Waals surface area contributed by atoms with Crippen LogP contribution in [0.1, 0.15) is 25.1 Å². The molecule has 0 saturated heterocycles. The lowest BCUT2D eigenvalue weighted by molar-refractivity contribution is -0.119. The van der Waals surface area contributed by atoms with Crippen LogP contribution in [0.2, 0.25) is 0 Å². The van der Waals surface area contributed by atoms with Crippen molar-refractivity contribution in [1.29, 1.82) is 0 Å². The van der Waals surface area contributed by atoms with E-state index in [1.165, 1.54) is 10.7 Å². The number of hydrogen-bond acceptors (Lipinski definition) is 3. The number of amides is 1. The second-order valence-electron chi connectivity index (χ2n) is 6.99. The van der Waals surface area contributed by atoms with Crippen molar-refractivity contribution >= 4 is 28.1 Å². The number of carbonyl (C=O) groups is 1. The largest absolute Gasteiger partial charge is 0.319 e. The summed E-state index contributed by atoms with van der Waals surface area (Å²) < 4.78 is 58.3. The highest BCUT2D eigenvalue weighted by molar-refractivity contribution is 5.97. The fourth-order valence-corrected chi connectivity index (χ4v) is 3.67. The van der Waals surface area contributed by atoms with Gasteiger partial charge >= 0.3 is 0 Å². The van der Waals surface area contributed by atoms with Crippen LogP contribution in [0.15, 0.2) is 41.2 Å². The van der Waals surface area contributed by atoms with Crippen LogP contribution >= 0.6 is 0 Å². The first-order valence-electron chi connectivity index (χ1n) is 9.38.